The van der Waals surface area contributed by atoms with E-state index < -0.39 is 25.9 Å². The number of rotatable bonds is 7. The van der Waals surface area contributed by atoms with Crippen molar-refractivity contribution in [2.45, 2.75) is 16.7 Å². The number of benzene rings is 3. The van der Waals surface area contributed by atoms with E-state index in [-0.39, 0.29) is 21.2 Å². The van der Waals surface area contributed by atoms with E-state index >= 15 is 0 Å². The van der Waals surface area contributed by atoms with Gasteiger partial charge in [-0.2, -0.15) is 0 Å². The molecule has 0 aliphatic heterocycles. The van der Waals surface area contributed by atoms with Gasteiger partial charge in [0.15, 0.2) is 17.2 Å². The lowest BCUT2D eigenvalue weighted by Gasteiger charge is -2.12. The molecule has 11 heteroatoms. The van der Waals surface area contributed by atoms with Crippen molar-refractivity contribution < 1.29 is 26.0 Å². The molecular formula is C29H26FN3O5S2. The van der Waals surface area contributed by atoms with Crippen LogP contribution in [-0.2, 0) is 20.0 Å². The Morgan fingerprint density at radius 3 is 2.23 bits per heavy atom. The molecule has 0 fully saturated rings. The quantitative estimate of drug-likeness (QED) is 0.259. The zero-order chi connectivity index (χ0) is 28.8. The Bertz CT molecular complexity index is 1970. The van der Waals surface area contributed by atoms with Gasteiger partial charge >= 0.3 is 0 Å². The molecule has 5 aromatic rings. The molecule has 8 nitrogen and oxygen atoms in total. The van der Waals surface area contributed by atoms with Crippen molar-refractivity contribution in [3.63, 3.8) is 0 Å². The van der Waals surface area contributed by atoms with E-state index in [4.69, 9.17) is 4.74 Å². The van der Waals surface area contributed by atoms with Gasteiger partial charge in [0.2, 0.25) is 10.0 Å². The SMILES string of the molecule is COc1c(F)cccc1-c1cn(S(=O)(=O)c2ccc(C)cc2)c2ncc(-c3cccc(S(=O)(=O)N(C)C)c3)cc12. The lowest BCUT2D eigenvalue weighted by atomic mass is 10.0. The molecule has 0 bridgehead atoms. The zero-order valence-electron chi connectivity index (χ0n) is 22.2. The molecule has 0 saturated carbocycles. The molecule has 5 rings (SSSR count). The van der Waals surface area contributed by atoms with Crippen LogP contribution in [0, 0.1) is 12.7 Å². The first kappa shape index (κ1) is 27.5. The first-order valence-electron chi connectivity index (χ1n) is 12.1. The molecule has 0 saturated heterocycles. The molecule has 2 aromatic heterocycles. The molecule has 2 heterocycles. The maximum absolute atomic E-state index is 14.7. The number of pyridine rings is 1. The van der Waals surface area contributed by atoms with E-state index in [0.717, 1.165) is 13.8 Å². The van der Waals surface area contributed by atoms with Crippen LogP contribution in [0.3, 0.4) is 0 Å². The van der Waals surface area contributed by atoms with E-state index in [1.54, 1.807) is 36.4 Å². The number of hydrogen-bond acceptors (Lipinski definition) is 6. The first-order chi connectivity index (χ1) is 18.9. The van der Waals surface area contributed by atoms with Crippen molar-refractivity contribution in [1.29, 1.82) is 0 Å². The molecule has 0 atom stereocenters. The van der Waals surface area contributed by atoms with Crippen LogP contribution < -0.4 is 4.74 Å². The smallest absolute Gasteiger partial charge is 0.269 e. The predicted molar refractivity (Wildman–Crippen MR) is 152 cm³/mol. The summed E-state index contributed by atoms with van der Waals surface area (Å²) >= 11 is 0. The van der Waals surface area contributed by atoms with Crippen molar-refractivity contribution in [3.05, 3.63) is 96.6 Å². The fourth-order valence-corrected chi connectivity index (χ4v) is 6.71. The van der Waals surface area contributed by atoms with Crippen LogP contribution in [0.4, 0.5) is 4.39 Å². The number of aryl methyl sites for hydroxylation is 1. The second-order valence-electron chi connectivity index (χ2n) is 9.39. The second-order valence-corrected chi connectivity index (χ2v) is 13.4. The van der Waals surface area contributed by atoms with Crippen molar-refractivity contribution in [2.24, 2.45) is 0 Å². The molecule has 0 aliphatic carbocycles. The average molecular weight is 580 g/mol. The third-order valence-corrected chi connectivity index (χ3v) is 10.1. The third-order valence-electron chi connectivity index (χ3n) is 6.60. The van der Waals surface area contributed by atoms with Gasteiger partial charge in [-0.1, -0.05) is 42.0 Å². The van der Waals surface area contributed by atoms with Gasteiger partial charge in [-0.15, -0.1) is 0 Å². The predicted octanol–water partition coefficient (Wildman–Crippen LogP) is 5.31. The van der Waals surface area contributed by atoms with Gasteiger partial charge in [0.25, 0.3) is 10.0 Å². The van der Waals surface area contributed by atoms with Gasteiger partial charge < -0.3 is 4.74 Å². The summed E-state index contributed by atoms with van der Waals surface area (Å²) in [6, 6.07) is 18.9. The average Bonchev–Trinajstić information content (AvgIpc) is 3.33. The van der Waals surface area contributed by atoms with E-state index in [1.807, 2.05) is 6.92 Å². The van der Waals surface area contributed by atoms with Gasteiger partial charge in [0.1, 0.15) is 0 Å². The fraction of sp³-hybridized carbons (Fsp3) is 0.138. The lowest BCUT2D eigenvalue weighted by molar-refractivity contribution is 0.388. The monoisotopic (exact) mass is 579 g/mol. The number of nitrogens with zero attached hydrogens (tertiary/aromatic N) is 3. The van der Waals surface area contributed by atoms with Gasteiger partial charge in [0.05, 0.1) is 16.9 Å². The Hall–Kier alpha value is -4.06. The molecule has 0 amide bonds. The lowest BCUT2D eigenvalue weighted by Crippen LogP contribution is -2.22. The van der Waals surface area contributed by atoms with Crippen molar-refractivity contribution in [2.75, 3.05) is 21.2 Å². The summed E-state index contributed by atoms with van der Waals surface area (Å²) < 4.78 is 75.2. The minimum Gasteiger partial charge on any atom is -0.493 e. The number of hydrogen-bond donors (Lipinski definition) is 0. The molecule has 0 aliphatic rings. The van der Waals surface area contributed by atoms with Gasteiger partial charge in [-0.25, -0.2) is 34.5 Å². The maximum atomic E-state index is 14.7. The highest BCUT2D eigenvalue weighted by atomic mass is 32.2. The van der Waals surface area contributed by atoms with Crippen LogP contribution in [-0.4, -0.2) is 51.3 Å². The Morgan fingerprint density at radius 1 is 0.850 bits per heavy atom. The molecule has 0 radical (unpaired) electrons. The summed E-state index contributed by atoms with van der Waals surface area (Å²) in [6.45, 7) is 1.86. The number of para-hydroxylation sites is 1. The summed E-state index contributed by atoms with van der Waals surface area (Å²) in [5.41, 5.74) is 2.86. The Kier molecular flexibility index (Phi) is 6.99. The van der Waals surface area contributed by atoms with Crippen LogP contribution in [0.1, 0.15) is 5.56 Å². The summed E-state index contributed by atoms with van der Waals surface area (Å²) in [5, 5.41) is 0.415. The van der Waals surface area contributed by atoms with Gasteiger partial charge in [-0.05, 0) is 48.9 Å². The third kappa shape index (κ3) is 4.66. The van der Waals surface area contributed by atoms with Crippen LogP contribution in [0.5, 0.6) is 5.75 Å². The van der Waals surface area contributed by atoms with E-state index in [2.05, 4.69) is 4.98 Å². The van der Waals surface area contributed by atoms with Crippen LogP contribution in [0.25, 0.3) is 33.3 Å². The molecule has 3 aromatic carbocycles. The minimum absolute atomic E-state index is 0.0428. The molecule has 0 N–H and O–H groups in total. The number of aromatic nitrogens is 2. The summed E-state index contributed by atoms with van der Waals surface area (Å²) in [6.07, 6.45) is 2.89. The number of sulfonamides is 1. The van der Waals surface area contributed by atoms with Crippen molar-refractivity contribution in [1.82, 2.24) is 13.3 Å². The highest BCUT2D eigenvalue weighted by Crippen LogP contribution is 2.40. The van der Waals surface area contributed by atoms with Gasteiger partial charge in [0, 0.05) is 48.6 Å². The Morgan fingerprint density at radius 2 is 1.55 bits per heavy atom. The van der Waals surface area contributed by atoms with Crippen molar-refractivity contribution in [3.8, 4) is 28.0 Å². The topological polar surface area (TPSA) is 98.6 Å². The largest absolute Gasteiger partial charge is 0.493 e. The molecule has 0 unspecified atom stereocenters. The number of ether oxygens (including phenoxy) is 1. The van der Waals surface area contributed by atoms with E-state index in [9.17, 15) is 21.2 Å². The second kappa shape index (κ2) is 10.2. The maximum Gasteiger partial charge on any atom is 0.269 e. The highest BCUT2D eigenvalue weighted by molar-refractivity contribution is 7.90. The van der Waals surface area contributed by atoms with Gasteiger partial charge in [-0.3, -0.25) is 0 Å². The Balaban J connectivity index is 1.78. The standard InChI is InChI=1S/C29H26FN3O5S2/c1-19-11-13-22(14-12-19)40(36,37)33-18-26(24-9-6-10-27(30)28(24)38-4)25-16-21(17-31-29(25)33)20-7-5-8-23(15-20)39(34,35)32(2)3/h5-18H,1-4H3. The summed E-state index contributed by atoms with van der Waals surface area (Å²) in [4.78, 5) is 4.68. The van der Waals surface area contributed by atoms with Crippen LogP contribution in [0.2, 0.25) is 0 Å². The number of methoxy groups -OCH3 is 1. The zero-order valence-corrected chi connectivity index (χ0v) is 23.8. The normalized spacial score (nSPS) is 12.2. The van der Waals surface area contributed by atoms with Crippen LogP contribution in [0.15, 0.2) is 95.0 Å². The molecule has 0 spiro atoms. The highest BCUT2D eigenvalue weighted by Gasteiger charge is 2.25. The summed E-state index contributed by atoms with van der Waals surface area (Å²) in [7, 11) is -3.53. The Labute approximate surface area is 232 Å². The van der Waals surface area contributed by atoms with Crippen LogP contribution >= 0.6 is 0 Å². The fourth-order valence-electron chi connectivity index (χ4n) is 4.43. The number of fused-ring (bicyclic) bond motifs is 1. The number of halogens is 1. The molecular weight excluding hydrogens is 553 g/mol. The van der Waals surface area contributed by atoms with E-state index in [0.29, 0.717) is 27.6 Å². The first-order valence-corrected chi connectivity index (χ1v) is 15.0. The molecule has 40 heavy (non-hydrogen) atoms. The summed E-state index contributed by atoms with van der Waals surface area (Å²) in [5.74, 6) is -0.647. The molecule has 206 valence electrons. The van der Waals surface area contributed by atoms with E-state index in [1.165, 1.54) is 70.0 Å². The van der Waals surface area contributed by atoms with Crippen molar-refractivity contribution >= 4 is 31.1 Å². The minimum atomic E-state index is -4.08.